The van der Waals surface area contributed by atoms with Crippen molar-refractivity contribution in [1.29, 1.82) is 0 Å². The second-order valence-electron chi connectivity index (χ2n) is 6.29. The van der Waals surface area contributed by atoms with E-state index < -0.39 is 23.2 Å². The maximum Gasteiger partial charge on any atom is 0.347 e. The minimum Gasteiger partial charge on any atom is -0.268 e. The number of carbonyl (C=O) groups is 2. The Morgan fingerprint density at radius 3 is 2.07 bits per heavy atom. The number of carbonyl (C=O) groups excluding carboxylic acids is 2. The van der Waals surface area contributed by atoms with Gasteiger partial charge in [0, 0.05) is 6.20 Å². The fraction of sp³-hybridized carbons (Fsp3) is 0.100. The van der Waals surface area contributed by atoms with Crippen LogP contribution in [0, 0.1) is 0 Å². The number of rotatable bonds is 5. The van der Waals surface area contributed by atoms with E-state index >= 15 is 0 Å². The molecule has 8 nitrogen and oxygen atoms in total. The molecule has 0 bridgehead atoms. The molecule has 0 saturated carbocycles. The molecule has 0 radical (unpaired) electrons. The summed E-state index contributed by atoms with van der Waals surface area (Å²) in [7, 11) is 0. The van der Waals surface area contributed by atoms with E-state index in [1.54, 1.807) is 24.3 Å². The summed E-state index contributed by atoms with van der Waals surface area (Å²) in [5, 5.41) is 2.47. The van der Waals surface area contributed by atoms with Gasteiger partial charge in [0.15, 0.2) is 0 Å². The number of benzene rings is 2. The third-order valence-electron chi connectivity index (χ3n) is 4.49. The van der Waals surface area contributed by atoms with Crippen molar-refractivity contribution in [2.24, 2.45) is 0 Å². The van der Waals surface area contributed by atoms with Gasteiger partial charge in [0.05, 0.1) is 24.2 Å². The molecule has 0 fully saturated rings. The average molecular weight is 376 g/mol. The van der Waals surface area contributed by atoms with E-state index in [0.717, 1.165) is 19.7 Å². The van der Waals surface area contributed by atoms with Crippen molar-refractivity contribution in [3.63, 3.8) is 0 Å². The number of aromatic amines is 1. The van der Waals surface area contributed by atoms with Crippen LogP contribution in [-0.2, 0) is 13.1 Å². The lowest BCUT2D eigenvalue weighted by atomic mass is 10.1. The van der Waals surface area contributed by atoms with Gasteiger partial charge in [0.25, 0.3) is 11.8 Å². The first-order chi connectivity index (χ1) is 13.6. The minimum atomic E-state index is -0.525. The molecule has 0 atom stereocenters. The topological polar surface area (TPSA) is 97.2 Å². The van der Waals surface area contributed by atoms with Crippen LogP contribution in [0.15, 0.2) is 76.5 Å². The smallest absolute Gasteiger partial charge is 0.268 e. The monoisotopic (exact) mass is 376 g/mol. The van der Waals surface area contributed by atoms with E-state index in [9.17, 15) is 19.2 Å². The third kappa shape index (κ3) is 3.01. The largest absolute Gasteiger partial charge is 0.347 e. The number of nitrogens with zero attached hydrogens (tertiary/aromatic N) is 3. The molecule has 3 aromatic rings. The zero-order valence-electron chi connectivity index (χ0n) is 14.7. The standard InChI is InChI=1S/C20H16N4O4/c25-17-15-9-4-5-10-16(15)18(26)22(17)11-6-12-24-20(28)23(19(27)21-24)13-14-7-2-1-3-8-14/h1-11H,12-13H2,(H,21,27)/b11-6+. The highest BCUT2D eigenvalue weighted by atomic mass is 16.2. The lowest BCUT2D eigenvalue weighted by Gasteiger charge is -2.06. The second-order valence-corrected chi connectivity index (χ2v) is 6.29. The highest BCUT2D eigenvalue weighted by Crippen LogP contribution is 2.22. The van der Waals surface area contributed by atoms with Crippen LogP contribution < -0.4 is 11.4 Å². The molecule has 2 heterocycles. The maximum absolute atomic E-state index is 12.4. The summed E-state index contributed by atoms with van der Waals surface area (Å²) >= 11 is 0. The van der Waals surface area contributed by atoms with Crippen molar-refractivity contribution in [2.75, 3.05) is 0 Å². The van der Waals surface area contributed by atoms with Crippen molar-refractivity contribution < 1.29 is 9.59 Å². The van der Waals surface area contributed by atoms with Gasteiger partial charge < -0.3 is 0 Å². The molecule has 2 aromatic carbocycles. The van der Waals surface area contributed by atoms with Gasteiger partial charge in [-0.15, -0.1) is 0 Å². The number of hydrogen-bond acceptors (Lipinski definition) is 4. The molecule has 4 rings (SSSR count). The Kier molecular flexibility index (Phi) is 4.36. The zero-order valence-corrected chi connectivity index (χ0v) is 14.7. The molecule has 1 N–H and O–H groups in total. The molecule has 2 amide bonds. The summed E-state index contributed by atoms with van der Waals surface area (Å²) < 4.78 is 2.21. The number of hydrogen-bond donors (Lipinski definition) is 1. The Balaban J connectivity index is 1.51. The number of amides is 2. The van der Waals surface area contributed by atoms with Crippen LogP contribution in [0.2, 0.25) is 0 Å². The van der Waals surface area contributed by atoms with E-state index in [0.29, 0.717) is 11.1 Å². The lowest BCUT2D eigenvalue weighted by molar-refractivity contribution is 0.0721. The number of aromatic nitrogens is 3. The summed E-state index contributed by atoms with van der Waals surface area (Å²) in [4.78, 5) is 50.1. The van der Waals surface area contributed by atoms with Crippen molar-refractivity contribution in [2.45, 2.75) is 13.1 Å². The van der Waals surface area contributed by atoms with Crippen LogP contribution in [0.4, 0.5) is 0 Å². The SMILES string of the molecule is O=C1c2ccccc2C(=O)N1/C=C/Cn1[nH]c(=O)n(Cc2ccccc2)c1=O. The molecular weight excluding hydrogens is 360 g/mol. The van der Waals surface area contributed by atoms with Crippen molar-refractivity contribution in [3.8, 4) is 0 Å². The van der Waals surface area contributed by atoms with E-state index in [1.807, 2.05) is 30.3 Å². The molecule has 1 aromatic heterocycles. The van der Waals surface area contributed by atoms with E-state index in [1.165, 1.54) is 12.3 Å². The number of nitrogens with one attached hydrogen (secondary N) is 1. The van der Waals surface area contributed by atoms with Gasteiger partial charge in [0.2, 0.25) is 0 Å². The minimum absolute atomic E-state index is 0.0171. The molecule has 0 unspecified atom stereocenters. The van der Waals surface area contributed by atoms with Crippen molar-refractivity contribution in [1.82, 2.24) is 19.2 Å². The predicted octanol–water partition coefficient (Wildman–Crippen LogP) is 1.20. The summed E-state index contributed by atoms with van der Waals surface area (Å²) in [6.45, 7) is 0.174. The van der Waals surface area contributed by atoms with E-state index in [-0.39, 0.29) is 13.1 Å². The van der Waals surface area contributed by atoms with Gasteiger partial charge >= 0.3 is 11.4 Å². The molecule has 1 aliphatic heterocycles. The average Bonchev–Trinajstić information content (AvgIpc) is 3.12. The predicted molar refractivity (Wildman–Crippen MR) is 101 cm³/mol. The summed E-state index contributed by atoms with van der Waals surface area (Å²) in [5.74, 6) is -0.835. The Bertz CT molecular complexity index is 1170. The summed E-state index contributed by atoms with van der Waals surface area (Å²) in [5.41, 5.74) is 0.492. The summed E-state index contributed by atoms with van der Waals surface area (Å²) in [6, 6.07) is 15.7. The first kappa shape index (κ1) is 17.5. The van der Waals surface area contributed by atoms with Crippen molar-refractivity contribution >= 4 is 11.8 Å². The van der Waals surface area contributed by atoms with Crippen LogP contribution in [0.25, 0.3) is 0 Å². The Morgan fingerprint density at radius 2 is 1.43 bits per heavy atom. The number of H-pyrrole nitrogens is 1. The first-order valence-electron chi connectivity index (χ1n) is 8.63. The van der Waals surface area contributed by atoms with Crippen LogP contribution in [0.5, 0.6) is 0 Å². The molecule has 0 aliphatic carbocycles. The number of fused-ring (bicyclic) bond motifs is 1. The first-order valence-corrected chi connectivity index (χ1v) is 8.63. The Morgan fingerprint density at radius 1 is 0.821 bits per heavy atom. The van der Waals surface area contributed by atoms with Crippen LogP contribution in [-0.4, -0.2) is 31.1 Å². The maximum atomic E-state index is 12.4. The lowest BCUT2D eigenvalue weighted by Crippen LogP contribution is -2.29. The van der Waals surface area contributed by atoms with Crippen LogP contribution in [0.1, 0.15) is 26.3 Å². The number of imide groups is 1. The fourth-order valence-corrected chi connectivity index (χ4v) is 3.09. The highest BCUT2D eigenvalue weighted by molar-refractivity contribution is 6.22. The zero-order chi connectivity index (χ0) is 19.7. The highest BCUT2D eigenvalue weighted by Gasteiger charge is 2.33. The molecule has 8 heteroatoms. The molecule has 0 saturated heterocycles. The van der Waals surface area contributed by atoms with Crippen molar-refractivity contribution in [3.05, 3.63) is 105 Å². The van der Waals surface area contributed by atoms with Gasteiger partial charge in [-0.05, 0) is 23.8 Å². The molecule has 28 heavy (non-hydrogen) atoms. The summed E-state index contributed by atoms with van der Waals surface area (Å²) in [6.07, 6.45) is 2.80. The Labute approximate surface area is 158 Å². The quantitative estimate of drug-likeness (QED) is 0.677. The van der Waals surface area contributed by atoms with Gasteiger partial charge in [-0.3, -0.25) is 9.59 Å². The molecule has 0 spiro atoms. The molecular formula is C20H16N4O4. The Hall–Kier alpha value is -3.94. The molecule has 1 aliphatic rings. The number of allylic oxidation sites excluding steroid dienone is 1. The normalized spacial score (nSPS) is 13.5. The fourth-order valence-electron chi connectivity index (χ4n) is 3.09. The van der Waals surface area contributed by atoms with Gasteiger partial charge in [-0.25, -0.2) is 28.8 Å². The molecule has 140 valence electrons. The van der Waals surface area contributed by atoms with E-state index in [2.05, 4.69) is 5.10 Å². The third-order valence-corrected chi connectivity index (χ3v) is 4.49. The van der Waals surface area contributed by atoms with Crippen LogP contribution in [0.3, 0.4) is 0 Å². The van der Waals surface area contributed by atoms with Gasteiger partial charge in [-0.1, -0.05) is 42.5 Å². The van der Waals surface area contributed by atoms with E-state index in [4.69, 9.17) is 0 Å². The van der Waals surface area contributed by atoms with Gasteiger partial charge in [-0.2, -0.15) is 0 Å². The van der Waals surface area contributed by atoms with Gasteiger partial charge in [0.1, 0.15) is 0 Å². The second kappa shape index (κ2) is 6.99. The van der Waals surface area contributed by atoms with Crippen LogP contribution >= 0.6 is 0 Å².